The summed E-state index contributed by atoms with van der Waals surface area (Å²) in [6, 6.07) is 0.323. The first-order valence-electron chi connectivity index (χ1n) is 7.63. The zero-order chi connectivity index (χ0) is 13.3. The molecule has 0 saturated heterocycles. The summed E-state index contributed by atoms with van der Waals surface area (Å²) < 4.78 is 0. The largest absolute Gasteiger partial charge is 0.326 e. The molecule has 0 aromatic rings. The van der Waals surface area contributed by atoms with Crippen LogP contribution >= 0.6 is 0 Å². The first kappa shape index (κ1) is 16.9. The van der Waals surface area contributed by atoms with Crippen molar-refractivity contribution in [2.24, 2.45) is 5.73 Å². The molecule has 2 nitrogen and oxygen atoms in total. The molecule has 0 bridgehead atoms. The van der Waals surface area contributed by atoms with Crippen LogP contribution in [0.1, 0.15) is 73.1 Å². The Morgan fingerprint density at radius 3 is 1.82 bits per heavy atom. The molecular weight excluding hydrogens is 208 g/mol. The molecule has 0 saturated carbocycles. The summed E-state index contributed by atoms with van der Waals surface area (Å²) in [5, 5.41) is 0. The lowest BCUT2D eigenvalue weighted by molar-refractivity contribution is 0.0591. The van der Waals surface area contributed by atoms with Crippen molar-refractivity contribution >= 4 is 0 Å². The third-order valence-corrected chi connectivity index (χ3v) is 4.43. The highest BCUT2D eigenvalue weighted by Gasteiger charge is 2.37. The van der Waals surface area contributed by atoms with E-state index in [9.17, 15) is 0 Å². The van der Waals surface area contributed by atoms with Crippen LogP contribution in [0.25, 0.3) is 0 Å². The second-order valence-electron chi connectivity index (χ2n) is 5.09. The van der Waals surface area contributed by atoms with Gasteiger partial charge in [-0.2, -0.15) is 0 Å². The number of rotatable bonds is 10. The van der Waals surface area contributed by atoms with Crippen molar-refractivity contribution < 1.29 is 0 Å². The zero-order valence-electron chi connectivity index (χ0n) is 12.8. The smallest absolute Gasteiger partial charge is 0.0354 e. The Morgan fingerprint density at radius 1 is 0.941 bits per heavy atom. The van der Waals surface area contributed by atoms with Crippen LogP contribution in [0.3, 0.4) is 0 Å². The van der Waals surface area contributed by atoms with Gasteiger partial charge in [0.05, 0.1) is 0 Å². The third-order valence-electron chi connectivity index (χ3n) is 4.43. The van der Waals surface area contributed by atoms with Crippen molar-refractivity contribution in [1.82, 2.24) is 4.90 Å². The molecule has 0 fully saturated rings. The second-order valence-corrected chi connectivity index (χ2v) is 5.09. The highest BCUT2D eigenvalue weighted by molar-refractivity contribution is 4.96. The molecular formula is C15H34N2. The Hall–Kier alpha value is -0.0800. The third kappa shape index (κ3) is 4.26. The maximum absolute atomic E-state index is 6.53. The molecule has 104 valence electrons. The van der Waals surface area contributed by atoms with E-state index in [-0.39, 0.29) is 5.54 Å². The summed E-state index contributed by atoms with van der Waals surface area (Å²) >= 11 is 0. The monoisotopic (exact) mass is 242 g/mol. The van der Waals surface area contributed by atoms with Gasteiger partial charge in [-0.1, -0.05) is 53.9 Å². The molecule has 2 N–H and O–H groups in total. The van der Waals surface area contributed by atoms with Crippen LogP contribution in [0, 0.1) is 0 Å². The van der Waals surface area contributed by atoms with Crippen LogP contribution in [0.5, 0.6) is 0 Å². The van der Waals surface area contributed by atoms with Crippen LogP contribution in [-0.2, 0) is 0 Å². The van der Waals surface area contributed by atoms with E-state index in [1.807, 2.05) is 0 Å². The molecule has 0 aliphatic carbocycles. The minimum absolute atomic E-state index is 0.219. The van der Waals surface area contributed by atoms with E-state index in [0.29, 0.717) is 6.04 Å². The Labute approximate surface area is 109 Å². The van der Waals surface area contributed by atoms with E-state index >= 15 is 0 Å². The van der Waals surface area contributed by atoms with Gasteiger partial charge in [-0.15, -0.1) is 0 Å². The minimum atomic E-state index is 0.219. The lowest BCUT2D eigenvalue weighted by atomic mass is 9.80. The zero-order valence-corrected chi connectivity index (χ0v) is 12.8. The Kier molecular flexibility index (Phi) is 8.89. The number of nitrogens with two attached hydrogens (primary N) is 1. The van der Waals surface area contributed by atoms with Crippen molar-refractivity contribution in [3.63, 3.8) is 0 Å². The molecule has 0 rings (SSSR count). The number of hydrogen-bond acceptors (Lipinski definition) is 2. The van der Waals surface area contributed by atoms with Crippen LogP contribution in [0.15, 0.2) is 0 Å². The molecule has 0 radical (unpaired) electrons. The fourth-order valence-corrected chi connectivity index (χ4v) is 3.19. The summed E-state index contributed by atoms with van der Waals surface area (Å²) in [5.74, 6) is 0. The first-order valence-corrected chi connectivity index (χ1v) is 7.63. The average molecular weight is 242 g/mol. The molecule has 0 heterocycles. The highest BCUT2D eigenvalue weighted by atomic mass is 15.2. The molecule has 0 aromatic heterocycles. The van der Waals surface area contributed by atoms with E-state index < -0.39 is 0 Å². The molecule has 0 aliphatic heterocycles. The summed E-state index contributed by atoms with van der Waals surface area (Å²) in [4.78, 5) is 2.57. The van der Waals surface area contributed by atoms with Crippen molar-refractivity contribution in [2.45, 2.75) is 84.7 Å². The van der Waals surface area contributed by atoms with Gasteiger partial charge in [0.2, 0.25) is 0 Å². The van der Waals surface area contributed by atoms with Gasteiger partial charge in [0, 0.05) is 11.6 Å². The lowest BCUT2D eigenvalue weighted by Gasteiger charge is -2.46. The molecule has 2 heteroatoms. The molecule has 1 atom stereocenters. The SMILES string of the molecule is CCCCCC(N)C(CC)(CC)N(CC)CC. The average Bonchev–Trinajstić information content (AvgIpc) is 2.36. The summed E-state index contributed by atoms with van der Waals surface area (Å²) in [6.07, 6.45) is 7.38. The van der Waals surface area contributed by atoms with E-state index in [0.717, 1.165) is 13.1 Å². The van der Waals surface area contributed by atoms with Gasteiger partial charge in [-0.3, -0.25) is 4.90 Å². The maximum Gasteiger partial charge on any atom is 0.0354 e. The fraction of sp³-hybridized carbons (Fsp3) is 1.00. The van der Waals surface area contributed by atoms with Crippen LogP contribution in [-0.4, -0.2) is 29.6 Å². The van der Waals surface area contributed by atoms with Gasteiger partial charge >= 0.3 is 0 Å². The molecule has 1 unspecified atom stereocenters. The van der Waals surface area contributed by atoms with Crippen LogP contribution in [0.2, 0.25) is 0 Å². The van der Waals surface area contributed by atoms with Gasteiger partial charge in [-0.25, -0.2) is 0 Å². The van der Waals surface area contributed by atoms with Crippen molar-refractivity contribution in [3.8, 4) is 0 Å². The molecule has 0 spiro atoms. The van der Waals surface area contributed by atoms with Gasteiger partial charge in [0.15, 0.2) is 0 Å². The summed E-state index contributed by atoms with van der Waals surface area (Å²) in [6.45, 7) is 13.6. The standard InChI is InChI=1S/C15H34N2/c1-6-11-12-13-14(16)15(7-2,8-3)17(9-4)10-5/h14H,6-13,16H2,1-5H3. The fourth-order valence-electron chi connectivity index (χ4n) is 3.19. The van der Waals surface area contributed by atoms with Crippen molar-refractivity contribution in [3.05, 3.63) is 0 Å². The molecule has 0 amide bonds. The first-order chi connectivity index (χ1) is 8.12. The van der Waals surface area contributed by atoms with Gasteiger partial charge in [-0.05, 0) is 32.4 Å². The van der Waals surface area contributed by atoms with Gasteiger partial charge in [0.25, 0.3) is 0 Å². The normalized spacial score (nSPS) is 14.3. The van der Waals surface area contributed by atoms with Crippen LogP contribution in [0.4, 0.5) is 0 Å². The van der Waals surface area contributed by atoms with E-state index in [1.165, 1.54) is 38.5 Å². The Bertz CT molecular complexity index is 172. The quantitative estimate of drug-likeness (QED) is 0.591. The lowest BCUT2D eigenvalue weighted by Crippen LogP contribution is -2.59. The number of unbranched alkanes of at least 4 members (excludes halogenated alkanes) is 2. The second kappa shape index (κ2) is 8.93. The van der Waals surface area contributed by atoms with Crippen molar-refractivity contribution in [2.75, 3.05) is 13.1 Å². The Balaban J connectivity index is 4.66. The van der Waals surface area contributed by atoms with Crippen molar-refractivity contribution in [1.29, 1.82) is 0 Å². The Morgan fingerprint density at radius 2 is 1.47 bits per heavy atom. The number of hydrogen-bond donors (Lipinski definition) is 1. The van der Waals surface area contributed by atoms with E-state index in [1.54, 1.807) is 0 Å². The van der Waals surface area contributed by atoms with Gasteiger partial charge < -0.3 is 5.73 Å². The summed E-state index contributed by atoms with van der Waals surface area (Å²) in [7, 11) is 0. The molecule has 17 heavy (non-hydrogen) atoms. The number of likely N-dealkylation sites (N-methyl/N-ethyl adjacent to an activating group) is 1. The maximum atomic E-state index is 6.53. The predicted molar refractivity (Wildman–Crippen MR) is 78.4 cm³/mol. The highest BCUT2D eigenvalue weighted by Crippen LogP contribution is 2.29. The minimum Gasteiger partial charge on any atom is -0.326 e. The predicted octanol–water partition coefficient (Wildman–Crippen LogP) is 3.79. The molecule has 0 aromatic carbocycles. The number of nitrogens with zero attached hydrogens (tertiary/aromatic N) is 1. The summed E-state index contributed by atoms with van der Waals surface area (Å²) in [5.41, 5.74) is 6.74. The van der Waals surface area contributed by atoms with Crippen LogP contribution < -0.4 is 5.73 Å². The van der Waals surface area contributed by atoms with E-state index in [2.05, 4.69) is 39.5 Å². The van der Waals surface area contributed by atoms with E-state index in [4.69, 9.17) is 5.73 Å². The van der Waals surface area contributed by atoms with Gasteiger partial charge in [0.1, 0.15) is 0 Å². The topological polar surface area (TPSA) is 29.3 Å². The molecule has 0 aliphatic rings.